The van der Waals surface area contributed by atoms with Gasteiger partial charge in [-0.25, -0.2) is 4.79 Å². The molecule has 0 saturated carbocycles. The van der Waals surface area contributed by atoms with Gasteiger partial charge >= 0.3 is 12.1 Å². The van der Waals surface area contributed by atoms with E-state index in [9.17, 15) is 22.8 Å². The zero-order valence-corrected chi connectivity index (χ0v) is 12.3. The number of carbonyl (C=O) groups excluding carboxylic acids is 1. The number of hydrogen-bond acceptors (Lipinski definition) is 2. The predicted octanol–water partition coefficient (Wildman–Crippen LogP) is 2.86. The molecular formula is C15H18F3NO3. The molecule has 0 aliphatic carbocycles. The van der Waals surface area contributed by atoms with Crippen LogP contribution in [0.2, 0.25) is 0 Å². The third-order valence-electron chi connectivity index (χ3n) is 3.01. The largest absolute Gasteiger partial charge is 0.480 e. The zero-order valence-electron chi connectivity index (χ0n) is 12.3. The molecule has 122 valence electrons. The van der Waals surface area contributed by atoms with Crippen LogP contribution in [-0.2, 0) is 22.2 Å². The van der Waals surface area contributed by atoms with Crippen molar-refractivity contribution in [3.05, 3.63) is 35.4 Å². The van der Waals surface area contributed by atoms with E-state index in [-0.39, 0.29) is 17.9 Å². The second-order valence-electron chi connectivity index (χ2n) is 5.42. The molecule has 0 heterocycles. The molecule has 1 aromatic rings. The van der Waals surface area contributed by atoms with Gasteiger partial charge in [-0.3, -0.25) is 4.79 Å². The van der Waals surface area contributed by atoms with Crippen LogP contribution in [0.5, 0.6) is 0 Å². The number of nitrogens with one attached hydrogen (secondary N) is 1. The lowest BCUT2D eigenvalue weighted by atomic mass is 10.0. The van der Waals surface area contributed by atoms with E-state index >= 15 is 0 Å². The molecule has 4 nitrogen and oxygen atoms in total. The molecule has 1 atom stereocenters. The van der Waals surface area contributed by atoms with E-state index in [2.05, 4.69) is 5.32 Å². The minimum absolute atomic E-state index is 0.0314. The van der Waals surface area contributed by atoms with Crippen molar-refractivity contribution in [2.24, 2.45) is 5.92 Å². The molecule has 0 aromatic heterocycles. The minimum atomic E-state index is -4.55. The Balaban J connectivity index is 2.83. The summed E-state index contributed by atoms with van der Waals surface area (Å²) < 4.78 is 38.5. The van der Waals surface area contributed by atoms with E-state index in [4.69, 9.17) is 5.11 Å². The fourth-order valence-corrected chi connectivity index (χ4v) is 2.06. The molecule has 1 aromatic carbocycles. The van der Waals surface area contributed by atoms with Crippen molar-refractivity contribution >= 4 is 11.9 Å². The molecule has 2 N–H and O–H groups in total. The Hall–Kier alpha value is -2.05. The smallest absolute Gasteiger partial charge is 0.416 e. The summed E-state index contributed by atoms with van der Waals surface area (Å²) in [6.45, 7) is 3.59. The summed E-state index contributed by atoms with van der Waals surface area (Å²) in [4.78, 5) is 22.9. The maximum absolute atomic E-state index is 12.8. The Kier molecular flexibility index (Phi) is 5.96. The lowest BCUT2D eigenvalue weighted by molar-refractivity contribution is -0.142. The van der Waals surface area contributed by atoms with Gasteiger partial charge < -0.3 is 10.4 Å². The van der Waals surface area contributed by atoms with Crippen LogP contribution < -0.4 is 5.32 Å². The van der Waals surface area contributed by atoms with Gasteiger partial charge in [0.15, 0.2) is 0 Å². The number of benzene rings is 1. The topological polar surface area (TPSA) is 66.4 Å². The average molecular weight is 317 g/mol. The normalized spacial score (nSPS) is 13.0. The first-order valence-electron chi connectivity index (χ1n) is 6.78. The Morgan fingerprint density at radius 3 is 2.32 bits per heavy atom. The van der Waals surface area contributed by atoms with Crippen LogP contribution in [0.3, 0.4) is 0 Å². The summed E-state index contributed by atoms with van der Waals surface area (Å²) >= 11 is 0. The van der Waals surface area contributed by atoms with Gasteiger partial charge in [-0.1, -0.05) is 32.0 Å². The number of hydrogen-bond donors (Lipinski definition) is 2. The van der Waals surface area contributed by atoms with Gasteiger partial charge in [-0.2, -0.15) is 13.2 Å². The van der Waals surface area contributed by atoms with Crippen LogP contribution in [0.25, 0.3) is 0 Å². The summed E-state index contributed by atoms with van der Waals surface area (Å²) in [5, 5.41) is 11.3. The fourth-order valence-electron chi connectivity index (χ4n) is 2.06. The van der Waals surface area contributed by atoms with Crippen LogP contribution in [0.4, 0.5) is 13.2 Å². The number of rotatable bonds is 6. The molecule has 0 fully saturated rings. The van der Waals surface area contributed by atoms with Gasteiger partial charge in [0.25, 0.3) is 0 Å². The highest BCUT2D eigenvalue weighted by Gasteiger charge is 2.33. The molecule has 1 rings (SSSR count). The van der Waals surface area contributed by atoms with Gasteiger partial charge in [0.2, 0.25) is 5.91 Å². The zero-order chi connectivity index (χ0) is 16.9. The number of halogens is 3. The SMILES string of the molecule is CC(C)C[C@H](NC(=O)Cc1ccccc1C(F)(F)F)C(=O)O. The molecule has 0 spiro atoms. The van der Waals surface area contributed by atoms with Crippen molar-refractivity contribution in [2.75, 3.05) is 0 Å². The van der Waals surface area contributed by atoms with E-state index in [0.717, 1.165) is 6.07 Å². The Labute approximate surface area is 126 Å². The predicted molar refractivity (Wildman–Crippen MR) is 74.2 cm³/mol. The highest BCUT2D eigenvalue weighted by atomic mass is 19.4. The standard InChI is InChI=1S/C15H18F3NO3/c1-9(2)7-12(14(21)22)19-13(20)8-10-5-3-4-6-11(10)15(16,17)18/h3-6,9,12H,7-8H2,1-2H3,(H,19,20)(H,21,22)/t12-/m0/s1. The molecule has 7 heteroatoms. The number of carboxylic acids is 1. The second-order valence-corrected chi connectivity index (χ2v) is 5.42. The first kappa shape index (κ1) is 18.0. The van der Waals surface area contributed by atoms with Crippen molar-refractivity contribution < 1.29 is 27.9 Å². The number of carbonyl (C=O) groups is 2. The summed E-state index contributed by atoms with van der Waals surface area (Å²) in [7, 11) is 0. The lowest BCUT2D eigenvalue weighted by Crippen LogP contribution is -2.42. The second kappa shape index (κ2) is 7.29. The third-order valence-corrected chi connectivity index (χ3v) is 3.01. The quantitative estimate of drug-likeness (QED) is 0.848. The maximum Gasteiger partial charge on any atom is 0.416 e. The number of alkyl halides is 3. The van der Waals surface area contributed by atoms with Crippen molar-refractivity contribution in [1.29, 1.82) is 0 Å². The fraction of sp³-hybridized carbons (Fsp3) is 0.467. The molecule has 0 saturated heterocycles. The maximum atomic E-state index is 12.8. The van der Waals surface area contributed by atoms with E-state index in [0.29, 0.717) is 0 Å². The van der Waals surface area contributed by atoms with Crippen LogP contribution in [0.15, 0.2) is 24.3 Å². The Morgan fingerprint density at radius 2 is 1.82 bits per heavy atom. The van der Waals surface area contributed by atoms with Crippen LogP contribution in [-0.4, -0.2) is 23.0 Å². The molecule has 0 aliphatic heterocycles. The summed E-state index contributed by atoms with van der Waals surface area (Å²) in [5.74, 6) is -1.92. The van der Waals surface area contributed by atoms with E-state index in [1.54, 1.807) is 13.8 Å². The highest BCUT2D eigenvalue weighted by molar-refractivity contribution is 5.85. The highest BCUT2D eigenvalue weighted by Crippen LogP contribution is 2.32. The van der Waals surface area contributed by atoms with Crippen molar-refractivity contribution in [3.63, 3.8) is 0 Å². The molecular weight excluding hydrogens is 299 g/mol. The van der Waals surface area contributed by atoms with Crippen molar-refractivity contribution in [1.82, 2.24) is 5.32 Å². The number of carboxylic acid groups (broad SMARTS) is 1. The number of aliphatic carboxylic acids is 1. The van der Waals surface area contributed by atoms with Gasteiger partial charge in [-0.05, 0) is 24.0 Å². The van der Waals surface area contributed by atoms with E-state index in [1.807, 2.05) is 0 Å². The lowest BCUT2D eigenvalue weighted by Gasteiger charge is -2.17. The third kappa shape index (κ3) is 5.38. The first-order chi connectivity index (χ1) is 10.1. The van der Waals surface area contributed by atoms with Crippen molar-refractivity contribution in [3.8, 4) is 0 Å². The minimum Gasteiger partial charge on any atom is -0.480 e. The van der Waals surface area contributed by atoms with E-state index in [1.165, 1.54) is 18.2 Å². The Bertz CT molecular complexity index is 541. The monoisotopic (exact) mass is 317 g/mol. The summed E-state index contributed by atoms with van der Waals surface area (Å²) in [5.41, 5.74) is -1.07. The molecule has 0 aliphatic rings. The Morgan fingerprint density at radius 1 is 1.23 bits per heavy atom. The van der Waals surface area contributed by atoms with Gasteiger partial charge in [-0.15, -0.1) is 0 Å². The summed E-state index contributed by atoms with van der Waals surface area (Å²) in [6.07, 6.45) is -4.86. The van der Waals surface area contributed by atoms with Gasteiger partial charge in [0, 0.05) is 0 Å². The molecule has 1 amide bonds. The number of amides is 1. The summed E-state index contributed by atoms with van der Waals surface area (Å²) in [6, 6.07) is 3.64. The molecule has 22 heavy (non-hydrogen) atoms. The van der Waals surface area contributed by atoms with Gasteiger partial charge in [0.1, 0.15) is 6.04 Å². The van der Waals surface area contributed by atoms with E-state index < -0.39 is 36.1 Å². The van der Waals surface area contributed by atoms with Crippen LogP contribution in [0, 0.1) is 5.92 Å². The van der Waals surface area contributed by atoms with Crippen LogP contribution in [0.1, 0.15) is 31.4 Å². The first-order valence-corrected chi connectivity index (χ1v) is 6.78. The molecule has 0 radical (unpaired) electrons. The van der Waals surface area contributed by atoms with Crippen LogP contribution >= 0.6 is 0 Å². The average Bonchev–Trinajstić information content (AvgIpc) is 2.36. The molecule has 0 unspecified atom stereocenters. The molecule has 0 bridgehead atoms. The van der Waals surface area contributed by atoms with Crippen molar-refractivity contribution in [2.45, 2.75) is 38.9 Å². The van der Waals surface area contributed by atoms with Gasteiger partial charge in [0.05, 0.1) is 12.0 Å².